The molecule has 3 saturated heterocycles. The lowest BCUT2D eigenvalue weighted by Crippen LogP contribution is -2.61. The number of aliphatic hydroxyl groups is 2. The van der Waals surface area contributed by atoms with E-state index in [0.717, 1.165) is 16.5 Å². The minimum atomic E-state index is -1.57. The molecule has 15 atom stereocenters. The first kappa shape index (κ1) is 45.9. The second-order valence-corrected chi connectivity index (χ2v) is 17.9. The van der Waals surface area contributed by atoms with Crippen molar-refractivity contribution in [2.45, 2.75) is 154 Å². The number of ether oxygens (including phenoxy) is 6. The lowest BCUT2D eigenvalue weighted by molar-refractivity contribution is -0.318. The normalized spacial score (nSPS) is 39.8. The van der Waals surface area contributed by atoms with E-state index in [-0.39, 0.29) is 43.2 Å². The van der Waals surface area contributed by atoms with Gasteiger partial charge in [0.25, 0.3) is 0 Å². The van der Waals surface area contributed by atoms with Crippen molar-refractivity contribution in [3.8, 4) is 0 Å². The summed E-state index contributed by atoms with van der Waals surface area (Å²) in [6.45, 7) is 14.3. The van der Waals surface area contributed by atoms with Crippen LogP contribution in [0.1, 0.15) is 80.2 Å². The fourth-order valence-corrected chi connectivity index (χ4v) is 9.54. The van der Waals surface area contributed by atoms with Gasteiger partial charge in [0.05, 0.1) is 35.9 Å². The number of rotatable bonds is 9. The monoisotopic (exact) mass is 816 g/mol. The number of methoxy groups -OCH3 is 1. The average molecular weight is 817 g/mol. The van der Waals surface area contributed by atoms with Gasteiger partial charge in [0, 0.05) is 69.5 Å². The van der Waals surface area contributed by atoms with E-state index in [9.17, 15) is 24.6 Å². The number of amides is 2. The maximum atomic E-state index is 14.7. The second kappa shape index (κ2) is 18.6. The molecule has 3 aliphatic rings. The Hall–Kier alpha value is -3.15. The third-order valence-electron chi connectivity index (χ3n) is 12.5. The van der Waals surface area contributed by atoms with Crippen LogP contribution < -0.4 is 5.32 Å². The van der Waals surface area contributed by atoms with Crippen LogP contribution in [-0.2, 0) is 49.2 Å². The van der Waals surface area contributed by atoms with Gasteiger partial charge in [-0.15, -0.1) is 0 Å². The van der Waals surface area contributed by atoms with Crippen molar-refractivity contribution >= 4 is 28.7 Å². The fraction of sp³-hybridized carbons (Fsp3) is 0.744. The Kier molecular flexibility index (Phi) is 14.8. The summed E-state index contributed by atoms with van der Waals surface area (Å²) in [5.74, 6) is -3.07. The number of hydrogen-bond acceptors (Lipinski definition) is 12. The Bertz CT molecular complexity index is 1720. The van der Waals surface area contributed by atoms with Gasteiger partial charge in [-0.25, -0.2) is 0 Å². The minimum Gasteiger partial charge on any atom is -0.457 e. The van der Waals surface area contributed by atoms with Crippen molar-refractivity contribution in [1.29, 1.82) is 0 Å². The molecular weight excluding hydrogens is 748 g/mol. The molecule has 15 heteroatoms. The number of H-pyrrole nitrogens is 1. The summed E-state index contributed by atoms with van der Waals surface area (Å²) in [7, 11) is 7.02. The van der Waals surface area contributed by atoms with Crippen LogP contribution in [0.3, 0.4) is 0 Å². The molecule has 0 radical (unpaired) electrons. The molecule has 3 fully saturated rings. The molecule has 3 aliphatic heterocycles. The molecular formula is C43H68N4O11. The van der Waals surface area contributed by atoms with E-state index < -0.39 is 84.1 Å². The molecule has 1 aromatic heterocycles. The zero-order valence-electron chi connectivity index (χ0n) is 36.4. The first-order valence-electron chi connectivity index (χ1n) is 20.7. The lowest BCUT2D eigenvalue weighted by atomic mass is 9.77. The molecule has 2 amide bonds. The molecule has 4 N–H and O–H groups in total. The Morgan fingerprint density at radius 3 is 2.38 bits per heavy atom. The second-order valence-electron chi connectivity index (χ2n) is 17.9. The number of esters is 1. The first-order chi connectivity index (χ1) is 27.1. The van der Waals surface area contributed by atoms with E-state index in [1.54, 1.807) is 32.7 Å². The first-order valence-corrected chi connectivity index (χ1v) is 20.7. The van der Waals surface area contributed by atoms with Crippen molar-refractivity contribution in [1.82, 2.24) is 20.1 Å². The van der Waals surface area contributed by atoms with Crippen molar-refractivity contribution in [3.63, 3.8) is 0 Å². The van der Waals surface area contributed by atoms with Crippen LogP contribution >= 0.6 is 0 Å². The summed E-state index contributed by atoms with van der Waals surface area (Å²) in [5.41, 5.74) is -0.780. The van der Waals surface area contributed by atoms with Crippen LogP contribution in [-0.4, -0.2) is 150 Å². The number of fused-ring (bicyclic) bond motifs is 1. The zero-order valence-corrected chi connectivity index (χ0v) is 36.4. The largest absolute Gasteiger partial charge is 0.457 e. The van der Waals surface area contributed by atoms with Gasteiger partial charge >= 0.3 is 5.97 Å². The van der Waals surface area contributed by atoms with Crippen LogP contribution in [0, 0.1) is 17.8 Å². The van der Waals surface area contributed by atoms with Crippen LogP contribution in [0.5, 0.6) is 0 Å². The number of carbonyl (C=O) groups is 3. The third kappa shape index (κ3) is 10.2. The van der Waals surface area contributed by atoms with Gasteiger partial charge in [-0.3, -0.25) is 14.4 Å². The van der Waals surface area contributed by atoms with E-state index in [2.05, 4.69) is 10.3 Å². The fourth-order valence-electron chi connectivity index (χ4n) is 9.54. The smallest absolute Gasteiger partial charge is 0.303 e. The number of hydrogen-bond donors (Lipinski definition) is 4. The molecule has 0 spiro atoms. The van der Waals surface area contributed by atoms with Gasteiger partial charge in [-0.2, -0.15) is 0 Å². The molecule has 2 aromatic rings. The van der Waals surface area contributed by atoms with Crippen molar-refractivity contribution in [2.24, 2.45) is 17.8 Å². The van der Waals surface area contributed by atoms with E-state index in [1.807, 2.05) is 77.2 Å². The molecule has 326 valence electrons. The molecule has 0 saturated carbocycles. The highest BCUT2D eigenvalue weighted by Crippen LogP contribution is 2.40. The quantitative estimate of drug-likeness (QED) is 0.272. The summed E-state index contributed by atoms with van der Waals surface area (Å²) >= 11 is 0. The third-order valence-corrected chi connectivity index (χ3v) is 12.5. The molecule has 7 unspecified atom stereocenters. The molecule has 58 heavy (non-hydrogen) atoms. The van der Waals surface area contributed by atoms with Crippen molar-refractivity contribution in [3.05, 3.63) is 36.0 Å². The van der Waals surface area contributed by atoms with Crippen LogP contribution in [0.15, 0.2) is 30.5 Å². The predicted octanol–water partition coefficient (Wildman–Crippen LogP) is 3.38. The lowest BCUT2D eigenvalue weighted by Gasteiger charge is -2.49. The van der Waals surface area contributed by atoms with Crippen LogP contribution in [0.25, 0.3) is 10.9 Å². The standard InChI is InChI=1S/C43H68N4O11/c1-23-19-42(7,52)37(58-41-35(49)33(46(9)10)17-24(2)54-41)25(3)36(57-34-20-43(8,53-12)38(27(5)55-34)56-28(6)48)26(4)39(50)45-32(40(51)47(11)22-23)18-29-21-44-31-16-14-13-15-30(29)31/h13-16,21,23-27,32-38,41,44,49,52H,17-20,22H2,1-12H3,(H,45,50)/t23-,24?,25?,26-,27?,32?,33?,34?,35-,36+,37-,38+,41?,42-,43-/m1/s1. The summed E-state index contributed by atoms with van der Waals surface area (Å²) in [6, 6.07) is 6.62. The zero-order chi connectivity index (χ0) is 42.9. The number of aliphatic hydroxyl groups excluding tert-OH is 1. The van der Waals surface area contributed by atoms with Gasteiger partial charge in [0.1, 0.15) is 17.7 Å². The molecule has 0 aliphatic carbocycles. The molecule has 1 aromatic carbocycles. The van der Waals surface area contributed by atoms with Gasteiger partial charge < -0.3 is 58.7 Å². The number of carbonyl (C=O) groups excluding carboxylic acids is 3. The summed E-state index contributed by atoms with van der Waals surface area (Å²) < 4.78 is 37.8. The van der Waals surface area contributed by atoms with Crippen molar-refractivity contribution in [2.75, 3.05) is 34.8 Å². The maximum Gasteiger partial charge on any atom is 0.303 e. The number of aromatic nitrogens is 1. The molecule has 15 nitrogen and oxygen atoms in total. The highest BCUT2D eigenvalue weighted by Gasteiger charge is 2.52. The van der Waals surface area contributed by atoms with E-state index in [4.69, 9.17) is 28.4 Å². The number of para-hydroxylation sites is 1. The topological polar surface area (TPSA) is 181 Å². The number of aromatic amines is 1. The summed E-state index contributed by atoms with van der Waals surface area (Å²) in [5, 5.41) is 28.2. The minimum absolute atomic E-state index is 0.140. The number of nitrogens with one attached hydrogen (secondary N) is 2. The van der Waals surface area contributed by atoms with E-state index >= 15 is 0 Å². The van der Waals surface area contributed by atoms with Gasteiger partial charge in [0.15, 0.2) is 18.7 Å². The maximum absolute atomic E-state index is 14.7. The number of benzene rings is 1. The Morgan fingerprint density at radius 2 is 1.72 bits per heavy atom. The Morgan fingerprint density at radius 1 is 1.03 bits per heavy atom. The molecule has 5 rings (SSSR count). The highest BCUT2D eigenvalue weighted by atomic mass is 16.7. The summed E-state index contributed by atoms with van der Waals surface area (Å²) in [4.78, 5) is 47.9. The number of nitrogens with zero attached hydrogens (tertiary/aromatic N) is 2. The van der Waals surface area contributed by atoms with E-state index in [0.29, 0.717) is 13.0 Å². The molecule has 4 heterocycles. The highest BCUT2D eigenvalue weighted by molar-refractivity contribution is 5.90. The van der Waals surface area contributed by atoms with Crippen LogP contribution in [0.4, 0.5) is 0 Å². The Labute approximate surface area is 343 Å². The van der Waals surface area contributed by atoms with Crippen LogP contribution in [0.2, 0.25) is 0 Å². The summed E-state index contributed by atoms with van der Waals surface area (Å²) in [6.07, 6.45) is -3.76. The predicted molar refractivity (Wildman–Crippen MR) is 216 cm³/mol. The average Bonchev–Trinajstić information content (AvgIpc) is 3.55. The van der Waals surface area contributed by atoms with Crippen molar-refractivity contribution < 1.29 is 53.0 Å². The van der Waals surface area contributed by atoms with Gasteiger partial charge in [-0.05, 0) is 72.2 Å². The SMILES string of the molecule is CO[C@]1(C)CC(O[C@H]2C(C)[C@@H](OC3OC(C)CC(N(C)C)[C@H]3O)[C@](C)(O)C[C@@H](C)CN(C)C(=O)C(Cc3c[nH]c4ccccc34)NC(=O)[C@@H]2C)OC(C)[C@@H]1OC(C)=O. The van der Waals surface area contributed by atoms with E-state index in [1.165, 1.54) is 14.0 Å². The number of likely N-dealkylation sites (N-methyl/N-ethyl adjacent to an activating group) is 2. The van der Waals surface area contributed by atoms with Gasteiger partial charge in [0.2, 0.25) is 11.8 Å². The molecule has 0 bridgehead atoms. The Balaban J connectivity index is 1.56. The van der Waals surface area contributed by atoms with Gasteiger partial charge in [-0.1, -0.05) is 39.0 Å².